The number of carbonyl (C=O) groups is 2. The number of ether oxygens (including phenoxy) is 1. The summed E-state index contributed by atoms with van der Waals surface area (Å²) in [5.41, 5.74) is 0.0855. The number of nitrogens with one attached hydrogen (secondary N) is 1. The first-order valence-electron chi connectivity index (χ1n) is 7.81. The van der Waals surface area contributed by atoms with E-state index in [4.69, 9.17) is 5.11 Å². The lowest BCUT2D eigenvalue weighted by Crippen LogP contribution is -2.31. The molecule has 2 amide bonds. The zero-order valence-corrected chi connectivity index (χ0v) is 14.0. The Bertz CT molecular complexity index is 938. The Morgan fingerprint density at radius 1 is 1.07 bits per heavy atom. The van der Waals surface area contributed by atoms with Crippen molar-refractivity contribution in [3.63, 3.8) is 0 Å². The van der Waals surface area contributed by atoms with E-state index in [1.54, 1.807) is 0 Å². The minimum absolute atomic E-state index is 0.0744. The lowest BCUT2D eigenvalue weighted by Gasteiger charge is -2.16. The van der Waals surface area contributed by atoms with E-state index in [1.165, 1.54) is 24.3 Å². The predicted molar refractivity (Wildman–Crippen MR) is 88.4 cm³/mol. The van der Waals surface area contributed by atoms with Gasteiger partial charge in [0.1, 0.15) is 11.4 Å². The van der Waals surface area contributed by atoms with Crippen LogP contribution >= 0.6 is 0 Å². The number of halogens is 4. The number of nitrogens with zero attached hydrogens (tertiary/aromatic N) is 1. The number of hydrogen-bond donors (Lipinski definition) is 2. The van der Waals surface area contributed by atoms with Gasteiger partial charge in [-0.3, -0.25) is 14.5 Å². The van der Waals surface area contributed by atoms with Gasteiger partial charge in [0.2, 0.25) is 0 Å². The molecular weight excluding hydrogens is 384 g/mol. The van der Waals surface area contributed by atoms with Crippen molar-refractivity contribution in [3.8, 4) is 11.5 Å². The van der Waals surface area contributed by atoms with Crippen LogP contribution in [0.4, 0.5) is 23.2 Å². The first kappa shape index (κ1) is 19.2. The number of phenolic OH excluding ortho intramolecular Hbond substituents is 1. The minimum Gasteiger partial charge on any atom is -0.503 e. The third-order valence-electron chi connectivity index (χ3n) is 3.79. The van der Waals surface area contributed by atoms with E-state index in [1.807, 2.05) is 0 Å². The standard InChI is InChI=1S/C18H12F4N2O4/c19-12-5-10(6-13(20)16(12)26)23-14-7-15(25)24(17(14)27)8-9-1-3-11(4-2-9)28-18(21)22/h1-7,18,23,26H,8H2. The summed E-state index contributed by atoms with van der Waals surface area (Å²) in [5, 5.41) is 11.5. The highest BCUT2D eigenvalue weighted by Crippen LogP contribution is 2.26. The average Bonchev–Trinajstić information content (AvgIpc) is 2.88. The molecule has 0 aliphatic carbocycles. The van der Waals surface area contributed by atoms with Crippen molar-refractivity contribution in [2.45, 2.75) is 13.2 Å². The summed E-state index contributed by atoms with van der Waals surface area (Å²) in [6, 6.07) is 6.88. The highest BCUT2D eigenvalue weighted by atomic mass is 19.3. The molecular formula is C18H12F4N2O4. The molecule has 2 aromatic rings. The molecule has 0 saturated carbocycles. The highest BCUT2D eigenvalue weighted by Gasteiger charge is 2.31. The van der Waals surface area contributed by atoms with Gasteiger partial charge in [-0.15, -0.1) is 0 Å². The zero-order chi connectivity index (χ0) is 20.4. The van der Waals surface area contributed by atoms with Crippen molar-refractivity contribution in [1.29, 1.82) is 0 Å². The Hall–Kier alpha value is -3.56. The number of aromatic hydroxyl groups is 1. The summed E-state index contributed by atoms with van der Waals surface area (Å²) >= 11 is 0. The molecule has 0 spiro atoms. The molecule has 3 rings (SSSR count). The van der Waals surface area contributed by atoms with Crippen LogP contribution in [0.1, 0.15) is 5.56 Å². The number of rotatable bonds is 6. The Morgan fingerprint density at radius 2 is 1.68 bits per heavy atom. The molecule has 28 heavy (non-hydrogen) atoms. The van der Waals surface area contributed by atoms with Gasteiger partial charge in [0, 0.05) is 23.9 Å². The molecule has 6 nitrogen and oxygen atoms in total. The van der Waals surface area contributed by atoms with Gasteiger partial charge in [0.05, 0.1) is 6.54 Å². The van der Waals surface area contributed by atoms with Crippen LogP contribution in [0.3, 0.4) is 0 Å². The van der Waals surface area contributed by atoms with Gasteiger partial charge in [-0.05, 0) is 17.7 Å². The van der Waals surface area contributed by atoms with E-state index < -0.39 is 35.8 Å². The number of phenols is 1. The van der Waals surface area contributed by atoms with E-state index in [2.05, 4.69) is 10.1 Å². The van der Waals surface area contributed by atoms with E-state index >= 15 is 0 Å². The maximum atomic E-state index is 13.4. The molecule has 146 valence electrons. The summed E-state index contributed by atoms with van der Waals surface area (Å²) < 4.78 is 55.3. The van der Waals surface area contributed by atoms with Gasteiger partial charge in [-0.1, -0.05) is 12.1 Å². The van der Waals surface area contributed by atoms with Gasteiger partial charge in [-0.2, -0.15) is 8.78 Å². The van der Waals surface area contributed by atoms with E-state index in [0.29, 0.717) is 5.56 Å². The largest absolute Gasteiger partial charge is 0.503 e. The quantitative estimate of drug-likeness (QED) is 0.446. The maximum absolute atomic E-state index is 13.4. The van der Waals surface area contributed by atoms with E-state index in [0.717, 1.165) is 23.1 Å². The highest BCUT2D eigenvalue weighted by molar-refractivity contribution is 6.17. The number of carbonyl (C=O) groups excluding carboxylic acids is 2. The van der Waals surface area contributed by atoms with Crippen molar-refractivity contribution in [2.75, 3.05) is 5.32 Å². The molecule has 0 bridgehead atoms. The molecule has 1 aliphatic rings. The van der Waals surface area contributed by atoms with Crippen molar-refractivity contribution in [3.05, 3.63) is 65.4 Å². The molecule has 2 N–H and O–H groups in total. The van der Waals surface area contributed by atoms with Gasteiger partial charge in [0.15, 0.2) is 17.4 Å². The molecule has 0 aromatic heterocycles. The normalized spacial score (nSPS) is 13.9. The molecule has 0 atom stereocenters. The second-order valence-electron chi connectivity index (χ2n) is 5.72. The molecule has 10 heteroatoms. The van der Waals surface area contributed by atoms with Crippen molar-refractivity contribution in [2.24, 2.45) is 0 Å². The summed E-state index contributed by atoms with van der Waals surface area (Å²) in [7, 11) is 0. The fourth-order valence-corrected chi connectivity index (χ4v) is 2.50. The Balaban J connectivity index is 1.70. The molecule has 0 saturated heterocycles. The van der Waals surface area contributed by atoms with Gasteiger partial charge in [-0.25, -0.2) is 8.78 Å². The first-order valence-corrected chi connectivity index (χ1v) is 7.81. The van der Waals surface area contributed by atoms with Crippen LogP contribution in [-0.2, 0) is 16.1 Å². The summed E-state index contributed by atoms with van der Waals surface area (Å²) in [6.45, 7) is -3.12. The van der Waals surface area contributed by atoms with Crippen LogP contribution in [-0.4, -0.2) is 28.4 Å². The smallest absolute Gasteiger partial charge is 0.387 e. The fourth-order valence-electron chi connectivity index (χ4n) is 2.50. The molecule has 1 heterocycles. The number of amides is 2. The van der Waals surface area contributed by atoms with Gasteiger partial charge >= 0.3 is 6.61 Å². The van der Waals surface area contributed by atoms with Crippen LogP contribution in [0.5, 0.6) is 11.5 Å². The number of anilines is 1. The number of alkyl halides is 2. The predicted octanol–water partition coefficient (Wildman–Crippen LogP) is 3.14. The van der Waals surface area contributed by atoms with Gasteiger partial charge in [0.25, 0.3) is 11.8 Å². The van der Waals surface area contributed by atoms with Crippen LogP contribution in [0, 0.1) is 11.6 Å². The molecule has 0 fully saturated rings. The summed E-state index contributed by atoms with van der Waals surface area (Å²) in [6.07, 6.45) is 0.958. The monoisotopic (exact) mass is 396 g/mol. The van der Waals surface area contributed by atoms with Gasteiger partial charge < -0.3 is 15.2 Å². The Labute approximate surface area is 155 Å². The maximum Gasteiger partial charge on any atom is 0.387 e. The lowest BCUT2D eigenvalue weighted by atomic mass is 10.2. The summed E-state index contributed by atoms with van der Waals surface area (Å²) in [5.74, 6) is -5.11. The Kier molecular flexibility index (Phi) is 5.21. The molecule has 0 unspecified atom stereocenters. The average molecular weight is 396 g/mol. The zero-order valence-electron chi connectivity index (χ0n) is 14.0. The number of imide groups is 1. The Morgan fingerprint density at radius 3 is 2.25 bits per heavy atom. The minimum atomic E-state index is -2.97. The third-order valence-corrected chi connectivity index (χ3v) is 3.79. The number of hydrogen-bond acceptors (Lipinski definition) is 5. The van der Waals surface area contributed by atoms with Crippen molar-refractivity contribution in [1.82, 2.24) is 4.90 Å². The van der Waals surface area contributed by atoms with E-state index in [-0.39, 0.29) is 23.7 Å². The van der Waals surface area contributed by atoms with E-state index in [9.17, 15) is 27.2 Å². The SMILES string of the molecule is O=C1C=C(Nc2cc(F)c(O)c(F)c2)C(=O)N1Cc1ccc(OC(F)F)cc1. The second kappa shape index (κ2) is 7.59. The van der Waals surface area contributed by atoms with Crippen molar-refractivity contribution >= 4 is 17.5 Å². The van der Waals surface area contributed by atoms with Crippen molar-refractivity contribution < 1.29 is 37.0 Å². The van der Waals surface area contributed by atoms with Crippen LogP contribution in [0.15, 0.2) is 48.2 Å². The van der Waals surface area contributed by atoms with Crippen LogP contribution in [0.25, 0.3) is 0 Å². The molecule has 0 radical (unpaired) electrons. The number of benzene rings is 2. The fraction of sp³-hybridized carbons (Fsp3) is 0.111. The topological polar surface area (TPSA) is 78.9 Å². The lowest BCUT2D eigenvalue weighted by molar-refractivity contribution is -0.137. The van der Waals surface area contributed by atoms with Crippen LogP contribution in [0.2, 0.25) is 0 Å². The first-order chi connectivity index (χ1) is 13.2. The second-order valence-corrected chi connectivity index (χ2v) is 5.72. The third kappa shape index (κ3) is 4.05. The summed E-state index contributed by atoms with van der Waals surface area (Å²) in [4.78, 5) is 25.3. The molecule has 1 aliphatic heterocycles. The van der Waals surface area contributed by atoms with Crippen LogP contribution < -0.4 is 10.1 Å². The molecule has 2 aromatic carbocycles.